The maximum absolute atomic E-state index is 12.3. The van der Waals surface area contributed by atoms with Gasteiger partial charge in [-0.15, -0.1) is 0 Å². The molecule has 0 heterocycles. The fraction of sp³-hybridized carbons (Fsp3) is 0.312. The number of aliphatic carboxylic acids is 1. The smallest absolute Gasteiger partial charge is 0.307 e. The molecule has 0 radical (unpaired) electrons. The van der Waals surface area contributed by atoms with Crippen LogP contribution in [0.15, 0.2) is 36.4 Å². The summed E-state index contributed by atoms with van der Waals surface area (Å²) < 4.78 is 5.12. The summed E-state index contributed by atoms with van der Waals surface area (Å²) in [5.74, 6) is -1.99. The van der Waals surface area contributed by atoms with Gasteiger partial charge in [-0.3, -0.25) is 9.59 Å². The molecule has 0 aliphatic heterocycles. The van der Waals surface area contributed by atoms with E-state index in [9.17, 15) is 14.7 Å². The van der Waals surface area contributed by atoms with E-state index in [2.05, 4.69) is 5.32 Å². The van der Waals surface area contributed by atoms with E-state index in [0.717, 1.165) is 0 Å². The van der Waals surface area contributed by atoms with Crippen LogP contribution >= 0.6 is 0 Å². The van der Waals surface area contributed by atoms with E-state index in [1.165, 1.54) is 0 Å². The molecule has 0 saturated carbocycles. The average Bonchev–Trinajstić information content (AvgIpc) is 2.54. The Kier molecular flexibility index (Phi) is 5.15. The van der Waals surface area contributed by atoms with Gasteiger partial charge in [0.25, 0.3) is 0 Å². The second-order valence-corrected chi connectivity index (χ2v) is 4.95. The van der Waals surface area contributed by atoms with Crippen molar-refractivity contribution in [1.29, 1.82) is 5.26 Å². The number of allylic oxidation sites excluding steroid dienone is 2. The second kappa shape index (κ2) is 7.27. The van der Waals surface area contributed by atoms with Crippen molar-refractivity contribution in [3.05, 3.63) is 36.4 Å². The zero-order chi connectivity index (χ0) is 15.9. The molecule has 0 saturated heterocycles. The summed E-state index contributed by atoms with van der Waals surface area (Å²) in [6.07, 6.45) is 4.42. The molecule has 0 spiro atoms. The van der Waals surface area contributed by atoms with Gasteiger partial charge in [0.2, 0.25) is 5.91 Å². The van der Waals surface area contributed by atoms with Crippen LogP contribution in [0.1, 0.15) is 12.8 Å². The molecule has 1 aliphatic rings. The summed E-state index contributed by atoms with van der Waals surface area (Å²) in [5, 5.41) is 20.3. The molecular formula is C16H16N2O4. The van der Waals surface area contributed by atoms with E-state index in [4.69, 9.17) is 10.00 Å². The van der Waals surface area contributed by atoms with E-state index in [0.29, 0.717) is 24.3 Å². The summed E-state index contributed by atoms with van der Waals surface area (Å²) in [4.78, 5) is 23.5. The number of benzene rings is 1. The van der Waals surface area contributed by atoms with Crippen molar-refractivity contribution in [2.75, 3.05) is 11.9 Å². The van der Waals surface area contributed by atoms with E-state index in [1.807, 2.05) is 12.1 Å². The number of carboxylic acid groups (broad SMARTS) is 1. The Morgan fingerprint density at radius 3 is 2.45 bits per heavy atom. The Balaban J connectivity index is 2.00. The van der Waals surface area contributed by atoms with Crippen molar-refractivity contribution in [1.82, 2.24) is 0 Å². The number of nitrogens with zero attached hydrogens (tertiary/aromatic N) is 1. The predicted octanol–water partition coefficient (Wildman–Crippen LogP) is 2.19. The molecule has 2 atom stereocenters. The van der Waals surface area contributed by atoms with Crippen LogP contribution in [0.2, 0.25) is 0 Å². The maximum atomic E-state index is 12.3. The Hall–Kier alpha value is -2.81. The third-order valence-electron chi connectivity index (χ3n) is 3.51. The van der Waals surface area contributed by atoms with Gasteiger partial charge in [0, 0.05) is 5.69 Å². The second-order valence-electron chi connectivity index (χ2n) is 4.95. The minimum Gasteiger partial charge on any atom is -0.481 e. The molecule has 1 amide bonds. The van der Waals surface area contributed by atoms with Crippen molar-refractivity contribution in [3.8, 4) is 11.8 Å². The number of ether oxygens (including phenoxy) is 1. The Morgan fingerprint density at radius 1 is 1.23 bits per heavy atom. The normalized spacial score (nSPS) is 20.0. The van der Waals surface area contributed by atoms with Crippen molar-refractivity contribution in [2.45, 2.75) is 12.8 Å². The maximum Gasteiger partial charge on any atom is 0.307 e. The van der Waals surface area contributed by atoms with Gasteiger partial charge >= 0.3 is 5.97 Å². The van der Waals surface area contributed by atoms with E-state index >= 15 is 0 Å². The number of carbonyl (C=O) groups excluding carboxylic acids is 1. The number of nitrogens with one attached hydrogen (secondary N) is 1. The molecule has 0 fully saturated rings. The molecule has 1 aliphatic carbocycles. The Morgan fingerprint density at radius 2 is 1.86 bits per heavy atom. The predicted molar refractivity (Wildman–Crippen MR) is 79.2 cm³/mol. The molecule has 1 aromatic rings. The van der Waals surface area contributed by atoms with Gasteiger partial charge in [-0.05, 0) is 37.1 Å². The molecule has 2 N–H and O–H groups in total. The van der Waals surface area contributed by atoms with Crippen molar-refractivity contribution in [2.24, 2.45) is 11.8 Å². The third-order valence-corrected chi connectivity index (χ3v) is 3.51. The molecule has 0 bridgehead atoms. The first-order chi connectivity index (χ1) is 10.6. The number of hydrogen-bond acceptors (Lipinski definition) is 4. The lowest BCUT2D eigenvalue weighted by molar-refractivity contribution is -0.146. The number of rotatable bonds is 5. The summed E-state index contributed by atoms with van der Waals surface area (Å²) >= 11 is 0. The minimum atomic E-state index is -0.954. The van der Waals surface area contributed by atoms with Gasteiger partial charge in [-0.2, -0.15) is 5.26 Å². The quantitative estimate of drug-likeness (QED) is 0.812. The lowest BCUT2D eigenvalue weighted by Crippen LogP contribution is -2.34. The summed E-state index contributed by atoms with van der Waals surface area (Å²) in [6, 6.07) is 8.45. The average molecular weight is 300 g/mol. The zero-order valence-electron chi connectivity index (χ0n) is 11.9. The lowest BCUT2D eigenvalue weighted by atomic mass is 9.82. The fourth-order valence-electron chi connectivity index (χ4n) is 2.36. The third kappa shape index (κ3) is 3.85. The van der Waals surface area contributed by atoms with Crippen LogP contribution in [0.3, 0.4) is 0 Å². The first-order valence-electron chi connectivity index (χ1n) is 6.90. The monoisotopic (exact) mass is 300 g/mol. The van der Waals surface area contributed by atoms with E-state index in [1.54, 1.807) is 30.3 Å². The van der Waals surface area contributed by atoms with Crippen LogP contribution in [-0.4, -0.2) is 23.6 Å². The number of hydrogen-bond donors (Lipinski definition) is 2. The van der Waals surface area contributed by atoms with Gasteiger partial charge in [-0.1, -0.05) is 12.2 Å². The van der Waals surface area contributed by atoms with Crippen LogP contribution in [0, 0.1) is 23.2 Å². The lowest BCUT2D eigenvalue weighted by Gasteiger charge is -2.24. The van der Waals surface area contributed by atoms with Gasteiger partial charge in [0.05, 0.1) is 11.8 Å². The molecule has 0 unspecified atom stereocenters. The fourth-order valence-corrected chi connectivity index (χ4v) is 2.36. The first-order valence-corrected chi connectivity index (χ1v) is 6.90. The number of nitriles is 1. The summed E-state index contributed by atoms with van der Waals surface area (Å²) in [5.41, 5.74) is 0.563. The highest BCUT2D eigenvalue weighted by Gasteiger charge is 2.33. The van der Waals surface area contributed by atoms with Gasteiger partial charge < -0.3 is 15.2 Å². The van der Waals surface area contributed by atoms with Crippen LogP contribution in [0.4, 0.5) is 5.69 Å². The Labute approximate surface area is 128 Å². The van der Waals surface area contributed by atoms with Crippen molar-refractivity contribution >= 4 is 17.6 Å². The zero-order valence-corrected chi connectivity index (χ0v) is 11.9. The van der Waals surface area contributed by atoms with E-state index in [-0.39, 0.29) is 12.5 Å². The van der Waals surface area contributed by atoms with Crippen LogP contribution < -0.4 is 10.1 Å². The van der Waals surface area contributed by atoms with Crippen LogP contribution in [0.5, 0.6) is 5.75 Å². The largest absolute Gasteiger partial charge is 0.481 e. The molecule has 22 heavy (non-hydrogen) atoms. The van der Waals surface area contributed by atoms with Gasteiger partial charge in [0.15, 0.2) is 6.61 Å². The molecule has 6 nitrogen and oxygen atoms in total. The number of anilines is 1. The molecule has 6 heteroatoms. The summed E-state index contributed by atoms with van der Waals surface area (Å²) in [6.45, 7) is -0.0413. The van der Waals surface area contributed by atoms with Crippen LogP contribution in [0.25, 0.3) is 0 Å². The topological polar surface area (TPSA) is 99.4 Å². The highest BCUT2D eigenvalue weighted by molar-refractivity contribution is 5.95. The first kappa shape index (κ1) is 15.6. The molecule has 1 aromatic carbocycles. The van der Waals surface area contributed by atoms with Gasteiger partial charge in [-0.25, -0.2) is 0 Å². The van der Waals surface area contributed by atoms with Crippen LogP contribution in [-0.2, 0) is 9.59 Å². The number of carboxylic acids is 1. The van der Waals surface area contributed by atoms with Crippen molar-refractivity contribution < 1.29 is 19.4 Å². The highest BCUT2D eigenvalue weighted by Crippen LogP contribution is 2.27. The molecule has 0 aromatic heterocycles. The summed E-state index contributed by atoms with van der Waals surface area (Å²) in [7, 11) is 0. The van der Waals surface area contributed by atoms with Crippen molar-refractivity contribution in [3.63, 3.8) is 0 Å². The Bertz CT molecular complexity index is 616. The number of carbonyl (C=O) groups is 2. The van der Waals surface area contributed by atoms with E-state index < -0.39 is 17.8 Å². The number of amides is 1. The highest BCUT2D eigenvalue weighted by atomic mass is 16.5. The molecule has 114 valence electrons. The molecular weight excluding hydrogens is 284 g/mol. The standard InChI is InChI=1S/C16H16N2O4/c17-9-10-22-12-7-5-11(6-8-12)18-15(19)13-3-1-2-4-14(13)16(20)21/h1-2,5-8,13-14H,3-4,10H2,(H,18,19)(H,20,21)/t13-,14-/m0/s1. The minimum absolute atomic E-state index is 0.0413. The molecule has 2 rings (SSSR count). The SMILES string of the molecule is N#CCOc1ccc(NC(=O)[C@H]2CC=CC[C@@H]2C(=O)O)cc1. The van der Waals surface area contributed by atoms with Gasteiger partial charge in [0.1, 0.15) is 11.8 Å².